The molecule has 0 saturated heterocycles. The van der Waals surface area contributed by atoms with Gasteiger partial charge in [-0.05, 0) is 38.0 Å². The van der Waals surface area contributed by atoms with Gasteiger partial charge in [0.2, 0.25) is 5.91 Å². The van der Waals surface area contributed by atoms with Gasteiger partial charge in [0.1, 0.15) is 0 Å². The SMILES string of the molecule is CCN(CC)C(=O)CNC1C2CCC(C)(C1O)C2(C)C. The summed E-state index contributed by atoms with van der Waals surface area (Å²) in [5.74, 6) is 0.597. The van der Waals surface area contributed by atoms with Crippen LogP contribution < -0.4 is 5.32 Å². The van der Waals surface area contributed by atoms with Crippen molar-refractivity contribution < 1.29 is 9.90 Å². The van der Waals surface area contributed by atoms with Crippen LogP contribution in [-0.4, -0.2) is 47.7 Å². The highest BCUT2D eigenvalue weighted by atomic mass is 16.3. The number of carbonyl (C=O) groups excluding carboxylic acids is 1. The summed E-state index contributed by atoms with van der Waals surface area (Å²) >= 11 is 0. The number of aliphatic hydroxyl groups excluding tert-OH is 1. The molecule has 0 heterocycles. The predicted molar refractivity (Wildman–Crippen MR) is 80.3 cm³/mol. The van der Waals surface area contributed by atoms with Crippen LogP contribution in [0.15, 0.2) is 0 Å². The van der Waals surface area contributed by atoms with Crippen LogP contribution in [-0.2, 0) is 4.79 Å². The molecule has 116 valence electrons. The smallest absolute Gasteiger partial charge is 0.236 e. The number of hydrogen-bond acceptors (Lipinski definition) is 3. The van der Waals surface area contributed by atoms with E-state index >= 15 is 0 Å². The number of nitrogens with one attached hydrogen (secondary N) is 1. The minimum Gasteiger partial charge on any atom is -0.391 e. The fourth-order valence-corrected chi connectivity index (χ4v) is 4.48. The van der Waals surface area contributed by atoms with E-state index in [-0.39, 0.29) is 28.9 Å². The van der Waals surface area contributed by atoms with E-state index in [0.717, 1.165) is 25.9 Å². The summed E-state index contributed by atoms with van der Waals surface area (Å²) in [6.07, 6.45) is 1.90. The molecule has 2 rings (SSSR count). The first-order chi connectivity index (χ1) is 9.29. The Kier molecular flexibility index (Phi) is 4.18. The number of nitrogens with zero attached hydrogens (tertiary/aromatic N) is 1. The second kappa shape index (κ2) is 5.30. The van der Waals surface area contributed by atoms with Gasteiger partial charge in [0, 0.05) is 24.5 Å². The predicted octanol–water partition coefficient (Wildman–Crippen LogP) is 1.63. The van der Waals surface area contributed by atoms with Gasteiger partial charge in [0.05, 0.1) is 12.6 Å². The van der Waals surface area contributed by atoms with Crippen LogP contribution in [0.2, 0.25) is 0 Å². The first-order valence-corrected chi connectivity index (χ1v) is 7.98. The molecule has 20 heavy (non-hydrogen) atoms. The van der Waals surface area contributed by atoms with Crippen molar-refractivity contribution in [2.45, 2.75) is 59.6 Å². The van der Waals surface area contributed by atoms with Crippen LogP contribution in [0.25, 0.3) is 0 Å². The molecule has 2 fully saturated rings. The number of likely N-dealkylation sites (N-methyl/N-ethyl adjacent to an activating group) is 1. The summed E-state index contributed by atoms with van der Waals surface area (Å²) < 4.78 is 0. The Morgan fingerprint density at radius 3 is 2.35 bits per heavy atom. The van der Waals surface area contributed by atoms with Crippen molar-refractivity contribution in [3.63, 3.8) is 0 Å². The maximum absolute atomic E-state index is 12.1. The van der Waals surface area contributed by atoms with Crippen molar-refractivity contribution in [2.75, 3.05) is 19.6 Å². The standard InChI is InChI=1S/C16H30N2O2/c1-6-18(7-2)12(19)10-17-13-11-8-9-16(5,14(13)20)15(11,3)4/h11,13-14,17,20H,6-10H2,1-5H3. The van der Waals surface area contributed by atoms with Crippen LogP contribution in [0, 0.1) is 16.7 Å². The van der Waals surface area contributed by atoms with Crippen molar-refractivity contribution >= 4 is 5.91 Å². The second-order valence-electron chi connectivity index (χ2n) is 7.20. The van der Waals surface area contributed by atoms with Crippen molar-refractivity contribution in [2.24, 2.45) is 16.7 Å². The van der Waals surface area contributed by atoms with E-state index in [1.165, 1.54) is 0 Å². The van der Waals surface area contributed by atoms with Crippen LogP contribution in [0.1, 0.15) is 47.5 Å². The zero-order valence-corrected chi connectivity index (χ0v) is 13.6. The molecule has 2 saturated carbocycles. The Morgan fingerprint density at radius 2 is 1.90 bits per heavy atom. The summed E-state index contributed by atoms with van der Waals surface area (Å²) in [5.41, 5.74) is 0.121. The van der Waals surface area contributed by atoms with Crippen molar-refractivity contribution in [1.29, 1.82) is 0 Å². The number of hydrogen-bond donors (Lipinski definition) is 2. The van der Waals surface area contributed by atoms with E-state index in [0.29, 0.717) is 12.5 Å². The zero-order chi connectivity index (χ0) is 15.1. The molecule has 0 aromatic carbocycles. The van der Waals surface area contributed by atoms with Gasteiger partial charge in [-0.2, -0.15) is 0 Å². The van der Waals surface area contributed by atoms with Crippen LogP contribution >= 0.6 is 0 Å². The summed E-state index contributed by atoms with van der Waals surface area (Å²) in [6.45, 7) is 12.6. The maximum atomic E-state index is 12.1. The average molecular weight is 282 g/mol. The highest BCUT2D eigenvalue weighted by molar-refractivity contribution is 5.78. The number of fused-ring (bicyclic) bond motifs is 2. The van der Waals surface area contributed by atoms with Crippen molar-refractivity contribution in [3.05, 3.63) is 0 Å². The van der Waals surface area contributed by atoms with Crippen LogP contribution in [0.4, 0.5) is 0 Å². The largest absolute Gasteiger partial charge is 0.391 e. The van der Waals surface area contributed by atoms with Gasteiger partial charge in [0.25, 0.3) is 0 Å². The molecule has 4 heteroatoms. The molecule has 1 amide bonds. The lowest BCUT2D eigenvalue weighted by molar-refractivity contribution is -0.130. The molecule has 0 aliphatic heterocycles. The van der Waals surface area contributed by atoms with Gasteiger partial charge in [-0.1, -0.05) is 20.8 Å². The number of amides is 1. The zero-order valence-electron chi connectivity index (χ0n) is 13.6. The van der Waals surface area contributed by atoms with Gasteiger partial charge in [-0.15, -0.1) is 0 Å². The summed E-state index contributed by atoms with van der Waals surface area (Å²) in [5, 5.41) is 14.0. The molecule has 0 radical (unpaired) electrons. The fraction of sp³-hybridized carbons (Fsp3) is 0.938. The van der Waals surface area contributed by atoms with E-state index in [1.54, 1.807) is 0 Å². The summed E-state index contributed by atoms with van der Waals surface area (Å²) in [7, 11) is 0. The Hall–Kier alpha value is -0.610. The molecule has 2 N–H and O–H groups in total. The Bertz CT molecular complexity index is 379. The third kappa shape index (κ3) is 2.08. The first-order valence-electron chi connectivity index (χ1n) is 7.98. The normalized spacial score (nSPS) is 38.2. The Labute approximate surface area is 122 Å². The third-order valence-corrected chi connectivity index (χ3v) is 6.41. The number of aliphatic hydroxyl groups is 1. The summed E-state index contributed by atoms with van der Waals surface area (Å²) in [4.78, 5) is 13.9. The molecule has 0 aromatic heterocycles. The number of carbonyl (C=O) groups is 1. The maximum Gasteiger partial charge on any atom is 0.236 e. The molecule has 2 aliphatic rings. The van der Waals surface area contributed by atoms with Gasteiger partial charge >= 0.3 is 0 Å². The van der Waals surface area contributed by atoms with Crippen LogP contribution in [0.3, 0.4) is 0 Å². The molecule has 0 aromatic rings. The fourth-order valence-electron chi connectivity index (χ4n) is 4.48. The molecule has 0 spiro atoms. The van der Waals surface area contributed by atoms with E-state index in [9.17, 15) is 9.90 Å². The van der Waals surface area contributed by atoms with Gasteiger partial charge in [-0.3, -0.25) is 4.79 Å². The Balaban J connectivity index is 2.00. The molecular formula is C16H30N2O2. The van der Waals surface area contributed by atoms with E-state index < -0.39 is 0 Å². The Morgan fingerprint density at radius 1 is 1.30 bits per heavy atom. The molecule has 4 nitrogen and oxygen atoms in total. The lowest BCUT2D eigenvalue weighted by Gasteiger charge is -2.37. The molecule has 4 unspecified atom stereocenters. The average Bonchev–Trinajstić information content (AvgIpc) is 2.70. The van der Waals surface area contributed by atoms with Gasteiger partial charge < -0.3 is 15.3 Å². The number of rotatable bonds is 5. The van der Waals surface area contributed by atoms with E-state index in [1.807, 2.05) is 18.7 Å². The first kappa shape index (κ1) is 15.8. The highest BCUT2D eigenvalue weighted by Gasteiger charge is 2.65. The summed E-state index contributed by atoms with van der Waals surface area (Å²) in [6, 6.07) is 0.0586. The second-order valence-corrected chi connectivity index (χ2v) is 7.20. The lowest BCUT2D eigenvalue weighted by Crippen LogP contribution is -2.50. The quantitative estimate of drug-likeness (QED) is 0.806. The van der Waals surface area contributed by atoms with Gasteiger partial charge in [0.15, 0.2) is 0 Å². The van der Waals surface area contributed by atoms with Crippen LogP contribution in [0.5, 0.6) is 0 Å². The minimum atomic E-state index is -0.347. The lowest BCUT2D eigenvalue weighted by atomic mass is 9.70. The molecule has 2 bridgehead atoms. The van der Waals surface area contributed by atoms with Crippen molar-refractivity contribution in [1.82, 2.24) is 10.2 Å². The monoisotopic (exact) mass is 282 g/mol. The van der Waals surface area contributed by atoms with Gasteiger partial charge in [-0.25, -0.2) is 0 Å². The molecule has 2 aliphatic carbocycles. The third-order valence-electron chi connectivity index (χ3n) is 6.41. The van der Waals surface area contributed by atoms with E-state index in [4.69, 9.17) is 0 Å². The minimum absolute atomic E-state index is 0.0203. The topological polar surface area (TPSA) is 52.6 Å². The van der Waals surface area contributed by atoms with Crippen molar-refractivity contribution in [3.8, 4) is 0 Å². The molecular weight excluding hydrogens is 252 g/mol. The highest BCUT2D eigenvalue weighted by Crippen LogP contribution is 2.65. The molecule has 4 atom stereocenters. The van der Waals surface area contributed by atoms with E-state index in [2.05, 4.69) is 26.1 Å².